The highest BCUT2D eigenvalue weighted by Gasteiger charge is 2.21. The Kier molecular flexibility index (Phi) is 4.58. The Morgan fingerprint density at radius 1 is 1.33 bits per heavy atom. The fraction of sp³-hybridized carbons (Fsp3) is 0.917. The molecular weight excluding hydrogens is 190 g/mol. The first-order valence-electron chi connectivity index (χ1n) is 5.90. The lowest BCUT2D eigenvalue weighted by Gasteiger charge is -2.21. The van der Waals surface area contributed by atoms with Gasteiger partial charge in [-0.1, -0.05) is 0 Å². The van der Waals surface area contributed by atoms with Gasteiger partial charge in [-0.15, -0.1) is 0 Å². The summed E-state index contributed by atoms with van der Waals surface area (Å²) in [7, 11) is 0. The van der Waals surface area contributed by atoms with E-state index in [4.69, 9.17) is 4.74 Å². The van der Waals surface area contributed by atoms with E-state index in [-0.39, 0.29) is 11.6 Å². The van der Waals surface area contributed by atoms with E-state index >= 15 is 0 Å². The van der Waals surface area contributed by atoms with E-state index < -0.39 is 0 Å². The monoisotopic (exact) mass is 213 g/mol. The van der Waals surface area contributed by atoms with Crippen molar-refractivity contribution >= 4 is 5.97 Å². The topological polar surface area (TPSA) is 38.3 Å². The number of nitrogens with one attached hydrogen (secondary N) is 1. The van der Waals surface area contributed by atoms with Crippen LogP contribution in [0.2, 0.25) is 0 Å². The lowest BCUT2D eigenvalue weighted by Crippen LogP contribution is -2.25. The summed E-state index contributed by atoms with van der Waals surface area (Å²) in [4.78, 5) is 11.6. The number of hydrogen-bond acceptors (Lipinski definition) is 3. The molecule has 1 fully saturated rings. The highest BCUT2D eigenvalue weighted by atomic mass is 16.6. The normalized spacial score (nSPS) is 23.3. The molecule has 1 saturated heterocycles. The van der Waals surface area contributed by atoms with Gasteiger partial charge in [0.15, 0.2) is 0 Å². The Morgan fingerprint density at radius 3 is 2.73 bits per heavy atom. The highest BCUT2D eigenvalue weighted by molar-refractivity contribution is 5.70. The standard InChI is InChI=1S/C12H23NO2/c1-12(2,3)15-11(14)9-10-5-4-7-13-8-6-10/h10,13H,4-9H2,1-3H3/t10-/m0/s1. The molecule has 0 spiro atoms. The van der Waals surface area contributed by atoms with E-state index in [1.165, 1.54) is 6.42 Å². The number of esters is 1. The Bertz CT molecular complexity index is 200. The Morgan fingerprint density at radius 2 is 2.07 bits per heavy atom. The molecule has 0 aromatic heterocycles. The minimum Gasteiger partial charge on any atom is -0.460 e. The number of carbonyl (C=O) groups excluding carboxylic acids is 1. The molecule has 0 saturated carbocycles. The summed E-state index contributed by atoms with van der Waals surface area (Å²) in [6.07, 6.45) is 4.00. The molecule has 0 aromatic rings. The minimum absolute atomic E-state index is 0.0469. The van der Waals surface area contributed by atoms with Crippen molar-refractivity contribution in [2.24, 2.45) is 5.92 Å². The van der Waals surface area contributed by atoms with Gasteiger partial charge in [0.1, 0.15) is 5.60 Å². The molecule has 0 amide bonds. The second-order valence-corrected chi connectivity index (χ2v) is 5.34. The zero-order chi connectivity index (χ0) is 11.3. The molecular formula is C12H23NO2. The van der Waals surface area contributed by atoms with Crippen molar-refractivity contribution in [2.45, 2.75) is 52.1 Å². The molecule has 1 aliphatic heterocycles. The van der Waals surface area contributed by atoms with Crippen molar-refractivity contribution in [3.63, 3.8) is 0 Å². The van der Waals surface area contributed by atoms with Crippen LogP contribution in [0.5, 0.6) is 0 Å². The fourth-order valence-corrected chi connectivity index (χ4v) is 1.91. The van der Waals surface area contributed by atoms with Gasteiger partial charge >= 0.3 is 5.97 Å². The van der Waals surface area contributed by atoms with Gasteiger partial charge in [0, 0.05) is 6.42 Å². The molecule has 15 heavy (non-hydrogen) atoms. The Hall–Kier alpha value is -0.570. The summed E-state index contributed by atoms with van der Waals surface area (Å²) in [5, 5.41) is 3.35. The van der Waals surface area contributed by atoms with Crippen LogP contribution >= 0.6 is 0 Å². The van der Waals surface area contributed by atoms with Gasteiger partial charge in [-0.25, -0.2) is 0 Å². The van der Waals surface area contributed by atoms with Crippen LogP contribution in [0.4, 0.5) is 0 Å². The zero-order valence-corrected chi connectivity index (χ0v) is 10.1. The first-order valence-corrected chi connectivity index (χ1v) is 5.90. The van der Waals surface area contributed by atoms with Crippen LogP contribution in [-0.2, 0) is 9.53 Å². The molecule has 0 radical (unpaired) electrons. The average molecular weight is 213 g/mol. The second kappa shape index (κ2) is 5.50. The van der Waals surface area contributed by atoms with E-state index in [9.17, 15) is 4.79 Å². The van der Waals surface area contributed by atoms with Crippen molar-refractivity contribution in [1.82, 2.24) is 5.32 Å². The predicted octanol–water partition coefficient (Wildman–Crippen LogP) is 2.11. The maximum Gasteiger partial charge on any atom is 0.306 e. The summed E-state index contributed by atoms with van der Waals surface area (Å²) in [6.45, 7) is 7.87. The van der Waals surface area contributed by atoms with Crippen LogP contribution in [0, 0.1) is 5.92 Å². The van der Waals surface area contributed by atoms with E-state index in [1.54, 1.807) is 0 Å². The van der Waals surface area contributed by atoms with Gasteiger partial charge < -0.3 is 10.1 Å². The quantitative estimate of drug-likeness (QED) is 0.714. The number of rotatable bonds is 2. The molecule has 1 aliphatic rings. The molecule has 88 valence electrons. The summed E-state index contributed by atoms with van der Waals surface area (Å²) < 4.78 is 5.32. The third-order valence-corrected chi connectivity index (χ3v) is 2.57. The summed E-state index contributed by atoms with van der Waals surface area (Å²) in [6, 6.07) is 0. The molecule has 3 heteroatoms. The first-order chi connectivity index (χ1) is 6.97. The van der Waals surface area contributed by atoms with E-state index in [0.29, 0.717) is 12.3 Å². The average Bonchev–Trinajstić information content (AvgIpc) is 2.28. The number of carbonyl (C=O) groups is 1. The van der Waals surface area contributed by atoms with Crippen LogP contribution in [0.3, 0.4) is 0 Å². The Balaban J connectivity index is 2.30. The fourth-order valence-electron chi connectivity index (χ4n) is 1.91. The van der Waals surface area contributed by atoms with E-state index in [2.05, 4.69) is 5.32 Å². The molecule has 0 aliphatic carbocycles. The van der Waals surface area contributed by atoms with Gasteiger partial charge in [0.25, 0.3) is 0 Å². The largest absolute Gasteiger partial charge is 0.460 e. The summed E-state index contributed by atoms with van der Waals surface area (Å²) in [5.41, 5.74) is -0.347. The zero-order valence-electron chi connectivity index (χ0n) is 10.1. The number of ether oxygens (including phenoxy) is 1. The van der Waals surface area contributed by atoms with Crippen molar-refractivity contribution in [1.29, 1.82) is 0 Å². The molecule has 0 bridgehead atoms. The van der Waals surface area contributed by atoms with E-state index in [0.717, 1.165) is 25.9 Å². The van der Waals surface area contributed by atoms with Crippen molar-refractivity contribution in [3.8, 4) is 0 Å². The Labute approximate surface area is 92.6 Å². The second-order valence-electron chi connectivity index (χ2n) is 5.34. The van der Waals surface area contributed by atoms with Gasteiger partial charge in [-0.05, 0) is 59.0 Å². The molecule has 3 nitrogen and oxygen atoms in total. The van der Waals surface area contributed by atoms with Crippen LogP contribution in [-0.4, -0.2) is 24.7 Å². The van der Waals surface area contributed by atoms with Crippen LogP contribution in [0.1, 0.15) is 46.5 Å². The maximum atomic E-state index is 11.6. The van der Waals surface area contributed by atoms with Crippen LogP contribution < -0.4 is 5.32 Å². The van der Waals surface area contributed by atoms with E-state index in [1.807, 2.05) is 20.8 Å². The predicted molar refractivity (Wildman–Crippen MR) is 60.7 cm³/mol. The number of hydrogen-bond donors (Lipinski definition) is 1. The molecule has 1 atom stereocenters. The van der Waals surface area contributed by atoms with Gasteiger partial charge in [-0.2, -0.15) is 0 Å². The SMILES string of the molecule is CC(C)(C)OC(=O)C[C@H]1CCCNCC1. The van der Waals surface area contributed by atoms with Gasteiger partial charge in [0.2, 0.25) is 0 Å². The van der Waals surface area contributed by atoms with Crippen molar-refractivity contribution in [2.75, 3.05) is 13.1 Å². The molecule has 0 aromatic carbocycles. The lowest BCUT2D eigenvalue weighted by atomic mass is 9.97. The first kappa shape index (κ1) is 12.5. The molecule has 1 heterocycles. The van der Waals surface area contributed by atoms with Gasteiger partial charge in [-0.3, -0.25) is 4.79 Å². The smallest absolute Gasteiger partial charge is 0.306 e. The third kappa shape index (κ3) is 5.78. The molecule has 1 N–H and O–H groups in total. The van der Waals surface area contributed by atoms with Crippen molar-refractivity contribution < 1.29 is 9.53 Å². The van der Waals surface area contributed by atoms with Crippen molar-refractivity contribution in [3.05, 3.63) is 0 Å². The highest BCUT2D eigenvalue weighted by Crippen LogP contribution is 2.19. The third-order valence-electron chi connectivity index (χ3n) is 2.57. The minimum atomic E-state index is -0.347. The summed E-state index contributed by atoms with van der Waals surface area (Å²) >= 11 is 0. The van der Waals surface area contributed by atoms with Crippen LogP contribution in [0.15, 0.2) is 0 Å². The summed E-state index contributed by atoms with van der Waals surface area (Å²) in [5.74, 6) is 0.462. The molecule has 1 rings (SSSR count). The van der Waals surface area contributed by atoms with Crippen LogP contribution in [0.25, 0.3) is 0 Å². The maximum absolute atomic E-state index is 11.6. The van der Waals surface area contributed by atoms with Gasteiger partial charge in [0.05, 0.1) is 0 Å². The lowest BCUT2D eigenvalue weighted by molar-refractivity contribution is -0.156. The molecule has 0 unspecified atom stereocenters.